The molecule has 1 atom stereocenters. The van der Waals surface area contributed by atoms with Crippen LogP contribution in [0.2, 0.25) is 4.59 Å². The summed E-state index contributed by atoms with van der Waals surface area (Å²) in [5, 5.41) is 15.4. The van der Waals surface area contributed by atoms with Gasteiger partial charge in [-0.1, -0.05) is 0 Å². The average Bonchev–Trinajstić information content (AvgIpc) is 2.29. The van der Waals surface area contributed by atoms with Crippen molar-refractivity contribution >= 4 is 29.7 Å². The van der Waals surface area contributed by atoms with Gasteiger partial charge < -0.3 is 10.2 Å². The monoisotopic (exact) mass is 308 g/mol. The summed E-state index contributed by atoms with van der Waals surface area (Å²) in [6.45, 7) is 9.35. The van der Waals surface area contributed by atoms with Gasteiger partial charge in [-0.3, -0.25) is 9.59 Å². The summed E-state index contributed by atoms with van der Waals surface area (Å²) in [6, 6.07) is 0. The maximum absolute atomic E-state index is 9.43. The van der Waals surface area contributed by atoms with Crippen molar-refractivity contribution in [2.45, 2.75) is 90.1 Å². The topological polar surface area (TPSA) is 74.6 Å². The molecule has 4 nitrogen and oxygen atoms in total. The Kier molecular flexibility index (Phi) is 15.3. The minimum atomic E-state index is -1.31. The van der Waals surface area contributed by atoms with Gasteiger partial charge in [0.25, 0.3) is 0 Å². The normalized spacial score (nSPS) is 12.3. The summed E-state index contributed by atoms with van der Waals surface area (Å²) in [7, 11) is 0. The second-order valence-electron chi connectivity index (χ2n) is 7.58. The Morgan fingerprint density at radius 2 is 1.32 bits per heavy atom. The molecule has 1 unspecified atom stereocenters. The molecular formula is C17H33LiO4. The van der Waals surface area contributed by atoms with E-state index in [9.17, 15) is 9.59 Å². The Balaban J connectivity index is 0. The van der Waals surface area contributed by atoms with E-state index in [1.165, 1.54) is 51.4 Å². The standard InChI is InChI=1S/C14H29.C3H4O4.Li/c1-5-6-7-8-9-10-11-12-13-14(2,3)4;4-2(5)1-3(6)7;/h5H,6-13H2,1-4H3;1H2,(H,4,5)(H,6,7);. The van der Waals surface area contributed by atoms with E-state index in [-0.39, 0.29) is 0 Å². The zero-order chi connectivity index (χ0) is 17.6. The molecular weight excluding hydrogens is 275 g/mol. The molecule has 0 heterocycles. The second kappa shape index (κ2) is 14.2. The van der Waals surface area contributed by atoms with Crippen molar-refractivity contribution in [2.24, 2.45) is 5.41 Å². The first-order valence-corrected chi connectivity index (χ1v) is 8.48. The molecule has 5 heteroatoms. The molecule has 0 aliphatic carbocycles. The number of aliphatic carboxylic acids is 2. The van der Waals surface area contributed by atoms with Crippen LogP contribution in [0.15, 0.2) is 0 Å². The van der Waals surface area contributed by atoms with Crippen molar-refractivity contribution in [3.8, 4) is 0 Å². The molecule has 0 aliphatic rings. The molecule has 0 aromatic heterocycles. The number of rotatable bonds is 10. The summed E-state index contributed by atoms with van der Waals surface area (Å²) in [5.74, 6) is -2.62. The van der Waals surface area contributed by atoms with E-state index >= 15 is 0 Å². The molecule has 2 N–H and O–H groups in total. The third-order valence-electron chi connectivity index (χ3n) is 3.26. The Hall–Kier alpha value is -0.463. The van der Waals surface area contributed by atoms with Crippen LogP contribution in [0.1, 0.15) is 85.5 Å². The number of hydrogen-bond acceptors (Lipinski definition) is 2. The molecule has 126 valence electrons. The molecule has 0 aliphatic heterocycles. The van der Waals surface area contributed by atoms with Gasteiger partial charge in [0.05, 0.1) is 0 Å². The predicted octanol–water partition coefficient (Wildman–Crippen LogP) is 4.68. The van der Waals surface area contributed by atoms with Gasteiger partial charge >= 0.3 is 119 Å². The van der Waals surface area contributed by atoms with Crippen LogP contribution in [0.5, 0.6) is 0 Å². The number of carboxylic acid groups (broad SMARTS) is 2. The SMILES string of the molecule is O=C(O)CC(=O)O.[Li][CH](C)CCCCCCCCC(C)(C)C. The number of unbranched alkanes of at least 4 members (excludes halogenated alkanes) is 5. The Morgan fingerprint density at radius 1 is 0.909 bits per heavy atom. The molecule has 0 bridgehead atoms. The van der Waals surface area contributed by atoms with Crippen LogP contribution < -0.4 is 0 Å². The molecule has 0 saturated heterocycles. The third kappa shape index (κ3) is 27.8. The van der Waals surface area contributed by atoms with E-state index in [4.69, 9.17) is 10.2 Å². The van der Waals surface area contributed by atoms with Gasteiger partial charge in [0.2, 0.25) is 0 Å². The molecule has 0 amide bonds. The average molecular weight is 308 g/mol. The summed E-state index contributed by atoms with van der Waals surface area (Å²) in [6.07, 6.45) is 10.7. The van der Waals surface area contributed by atoms with Gasteiger partial charge in [-0.05, 0) is 0 Å². The van der Waals surface area contributed by atoms with Crippen molar-refractivity contribution in [1.29, 1.82) is 0 Å². The maximum atomic E-state index is 9.43. The molecule has 0 radical (unpaired) electrons. The molecule has 0 spiro atoms. The summed E-state index contributed by atoms with van der Waals surface area (Å²) in [5.41, 5.74) is 0.539. The van der Waals surface area contributed by atoms with E-state index in [1.54, 1.807) is 0 Å². The fourth-order valence-electron chi connectivity index (χ4n) is 2.04. The number of carbonyl (C=O) groups is 2. The van der Waals surface area contributed by atoms with Crippen LogP contribution >= 0.6 is 0 Å². The van der Waals surface area contributed by atoms with Crippen molar-refractivity contribution in [2.75, 3.05) is 0 Å². The van der Waals surface area contributed by atoms with Gasteiger partial charge in [0, 0.05) is 0 Å². The number of hydrogen-bond donors (Lipinski definition) is 2. The van der Waals surface area contributed by atoms with Crippen molar-refractivity contribution in [3.05, 3.63) is 0 Å². The van der Waals surface area contributed by atoms with E-state index in [2.05, 4.69) is 45.4 Å². The predicted molar refractivity (Wildman–Crippen MR) is 91.5 cm³/mol. The van der Waals surface area contributed by atoms with Crippen LogP contribution in [0.3, 0.4) is 0 Å². The van der Waals surface area contributed by atoms with Crippen LogP contribution in [-0.2, 0) is 9.59 Å². The Labute approximate surface area is 145 Å². The number of carboxylic acids is 2. The van der Waals surface area contributed by atoms with Gasteiger partial charge in [-0.25, -0.2) is 0 Å². The second-order valence-corrected chi connectivity index (χ2v) is 7.58. The molecule has 0 fully saturated rings. The minimum absolute atomic E-state index is 0.539. The van der Waals surface area contributed by atoms with Crippen LogP contribution in [-0.4, -0.2) is 39.9 Å². The van der Waals surface area contributed by atoms with E-state index in [0.29, 0.717) is 5.41 Å². The van der Waals surface area contributed by atoms with Crippen LogP contribution in [0.4, 0.5) is 0 Å². The van der Waals surface area contributed by atoms with Crippen molar-refractivity contribution < 1.29 is 19.8 Å². The van der Waals surface area contributed by atoms with Crippen molar-refractivity contribution in [3.63, 3.8) is 0 Å². The molecule has 0 aromatic carbocycles. The van der Waals surface area contributed by atoms with Gasteiger partial charge in [-0.2, -0.15) is 0 Å². The molecule has 22 heavy (non-hydrogen) atoms. The first-order chi connectivity index (χ1) is 10.0. The Bertz CT molecular complexity index is 284. The van der Waals surface area contributed by atoms with Gasteiger partial charge in [-0.15, -0.1) is 0 Å². The van der Waals surface area contributed by atoms with Crippen molar-refractivity contribution in [1.82, 2.24) is 0 Å². The first-order valence-electron chi connectivity index (χ1n) is 8.48. The fraction of sp³-hybridized carbons (Fsp3) is 0.882. The fourth-order valence-corrected chi connectivity index (χ4v) is 2.04. The van der Waals surface area contributed by atoms with Gasteiger partial charge in [0.1, 0.15) is 6.42 Å². The van der Waals surface area contributed by atoms with Crippen LogP contribution in [0, 0.1) is 5.41 Å². The zero-order valence-electron chi connectivity index (χ0n) is 15.2. The van der Waals surface area contributed by atoms with Crippen LogP contribution in [0.25, 0.3) is 0 Å². The van der Waals surface area contributed by atoms with Gasteiger partial charge in [0.15, 0.2) is 0 Å². The quantitative estimate of drug-likeness (QED) is 0.349. The third-order valence-corrected chi connectivity index (χ3v) is 3.26. The van der Waals surface area contributed by atoms with E-state index < -0.39 is 18.4 Å². The molecule has 0 aromatic rings. The molecule has 0 rings (SSSR count). The Morgan fingerprint density at radius 3 is 1.64 bits per heavy atom. The molecule has 0 saturated carbocycles. The summed E-state index contributed by atoms with van der Waals surface area (Å²) in [4.78, 5) is 18.9. The van der Waals surface area contributed by atoms with E-state index in [0.717, 1.165) is 4.59 Å². The summed E-state index contributed by atoms with van der Waals surface area (Å²) < 4.78 is 0.894. The summed E-state index contributed by atoms with van der Waals surface area (Å²) >= 11 is 2.32. The zero-order valence-corrected chi connectivity index (χ0v) is 15.2. The van der Waals surface area contributed by atoms with E-state index in [1.807, 2.05) is 0 Å². The first kappa shape index (κ1) is 23.8.